The van der Waals surface area contributed by atoms with Crippen molar-refractivity contribution < 1.29 is 4.42 Å². The normalized spacial score (nSPS) is 11.6. The van der Waals surface area contributed by atoms with Gasteiger partial charge in [0.25, 0.3) is 0 Å². The molecule has 0 aliphatic rings. The molecule has 0 radical (unpaired) electrons. The molecule has 0 amide bonds. The lowest BCUT2D eigenvalue weighted by atomic mass is 9.65. The van der Waals surface area contributed by atoms with Crippen LogP contribution >= 0.6 is 0 Å². The van der Waals surface area contributed by atoms with Gasteiger partial charge in [-0.05, 0) is 57.6 Å². The zero-order chi connectivity index (χ0) is 37.3. The Bertz CT molecular complexity index is 2790. The highest BCUT2D eigenvalue weighted by atomic mass is 16.3. The summed E-state index contributed by atoms with van der Waals surface area (Å²) in [7, 11) is 0. The van der Waals surface area contributed by atoms with Gasteiger partial charge in [-0.25, -0.2) is 15.0 Å². The van der Waals surface area contributed by atoms with Gasteiger partial charge in [0.2, 0.25) is 0 Å². The molecule has 8 aromatic carbocycles. The van der Waals surface area contributed by atoms with Crippen LogP contribution in [0.4, 0.5) is 0 Å². The number of fused-ring (bicyclic) bond motifs is 3. The smallest absolute Gasteiger partial charge is 0.164 e. The molecule has 0 spiro atoms. The predicted octanol–water partition coefficient (Wildman–Crippen LogP) is 12.8. The van der Waals surface area contributed by atoms with Crippen LogP contribution in [0.15, 0.2) is 217 Å². The van der Waals surface area contributed by atoms with Crippen LogP contribution in [0.25, 0.3) is 67.2 Å². The molecule has 56 heavy (non-hydrogen) atoms. The minimum absolute atomic E-state index is 0.583. The number of nitrogens with zero attached hydrogens (tertiary/aromatic N) is 3. The fourth-order valence-electron chi connectivity index (χ4n) is 8.12. The van der Waals surface area contributed by atoms with E-state index in [-0.39, 0.29) is 0 Å². The summed E-state index contributed by atoms with van der Waals surface area (Å²) in [6, 6.07) is 74.1. The van der Waals surface area contributed by atoms with E-state index in [0.717, 1.165) is 55.3 Å². The molecule has 0 atom stereocenters. The highest BCUT2D eigenvalue weighted by Gasteiger charge is 2.38. The van der Waals surface area contributed by atoms with Crippen molar-refractivity contribution in [2.45, 2.75) is 5.41 Å². The number of benzene rings is 8. The Balaban J connectivity index is 1.24. The maximum atomic E-state index is 6.64. The molecule has 0 N–H and O–H groups in total. The third kappa shape index (κ3) is 5.76. The lowest BCUT2D eigenvalue weighted by molar-refractivity contribution is 0.669. The summed E-state index contributed by atoms with van der Waals surface area (Å²) in [6.07, 6.45) is 0. The van der Waals surface area contributed by atoms with Gasteiger partial charge in [0.15, 0.2) is 17.5 Å². The van der Waals surface area contributed by atoms with Crippen molar-refractivity contribution in [1.82, 2.24) is 15.0 Å². The molecule has 10 rings (SSSR count). The lowest BCUT2D eigenvalue weighted by Crippen LogP contribution is -2.31. The third-order valence-electron chi connectivity index (χ3n) is 10.7. The summed E-state index contributed by atoms with van der Waals surface area (Å²) in [4.78, 5) is 15.4. The van der Waals surface area contributed by atoms with Crippen molar-refractivity contribution >= 4 is 21.9 Å². The molecule has 264 valence electrons. The highest BCUT2D eigenvalue weighted by molar-refractivity contribution is 6.13. The van der Waals surface area contributed by atoms with E-state index in [0.29, 0.717) is 17.5 Å². The standard InChI is InChI=1S/C52H35N3O/c1-6-19-36(20-7-1)49-53-50(37-21-8-2-9-22-37)55-51(54-49)45-34-39(35-47-48(45)44-31-16-17-32-46(44)56-47)38-23-18-30-43(33-38)52(40-24-10-3-11-25-40,41-26-12-4-13-27-41)42-28-14-5-15-29-42/h1-35H. The first-order valence-corrected chi connectivity index (χ1v) is 18.9. The number of aromatic nitrogens is 3. The zero-order valence-electron chi connectivity index (χ0n) is 30.5. The molecule has 0 aliphatic carbocycles. The summed E-state index contributed by atoms with van der Waals surface area (Å²) < 4.78 is 6.64. The minimum Gasteiger partial charge on any atom is -0.456 e. The molecule has 0 aliphatic heterocycles. The van der Waals surface area contributed by atoms with Crippen molar-refractivity contribution in [2.24, 2.45) is 0 Å². The minimum atomic E-state index is -0.588. The first kappa shape index (κ1) is 33.2. The summed E-state index contributed by atoms with van der Waals surface area (Å²) in [6.45, 7) is 0. The largest absolute Gasteiger partial charge is 0.456 e. The molecule has 2 aromatic heterocycles. The van der Waals surface area contributed by atoms with Crippen LogP contribution in [0.3, 0.4) is 0 Å². The van der Waals surface area contributed by atoms with Crippen LogP contribution in [0.5, 0.6) is 0 Å². The first-order chi connectivity index (χ1) is 27.8. The van der Waals surface area contributed by atoms with E-state index in [1.807, 2.05) is 78.9 Å². The summed E-state index contributed by atoms with van der Waals surface area (Å²) in [5.41, 5.74) is 10.5. The first-order valence-electron chi connectivity index (χ1n) is 18.9. The quantitative estimate of drug-likeness (QED) is 0.147. The second-order valence-corrected chi connectivity index (χ2v) is 14.0. The number of hydrogen-bond donors (Lipinski definition) is 0. The topological polar surface area (TPSA) is 51.8 Å². The van der Waals surface area contributed by atoms with Crippen LogP contribution in [0.2, 0.25) is 0 Å². The molecule has 0 fully saturated rings. The van der Waals surface area contributed by atoms with Gasteiger partial charge >= 0.3 is 0 Å². The molecule has 0 saturated heterocycles. The SMILES string of the molecule is c1ccc(-c2nc(-c3ccccc3)nc(-c3cc(-c4cccc(C(c5ccccc5)(c5ccccc5)c5ccccc5)c4)cc4oc5ccccc5c34)n2)cc1. The van der Waals surface area contributed by atoms with Gasteiger partial charge in [-0.15, -0.1) is 0 Å². The van der Waals surface area contributed by atoms with Gasteiger partial charge in [0.1, 0.15) is 11.2 Å². The summed E-state index contributed by atoms with van der Waals surface area (Å²) >= 11 is 0. The van der Waals surface area contributed by atoms with E-state index in [2.05, 4.69) is 133 Å². The van der Waals surface area contributed by atoms with E-state index in [4.69, 9.17) is 19.4 Å². The summed E-state index contributed by atoms with van der Waals surface area (Å²) in [5.74, 6) is 1.81. The molecule has 0 bridgehead atoms. The lowest BCUT2D eigenvalue weighted by Gasteiger charge is -2.37. The molecule has 4 nitrogen and oxygen atoms in total. The molecular weight excluding hydrogens is 683 g/mol. The Morgan fingerprint density at radius 1 is 0.321 bits per heavy atom. The van der Waals surface area contributed by atoms with Crippen LogP contribution in [0, 0.1) is 0 Å². The Hall–Kier alpha value is -7.43. The molecule has 10 aromatic rings. The fourth-order valence-corrected chi connectivity index (χ4v) is 8.12. The van der Waals surface area contributed by atoms with Crippen LogP contribution in [-0.2, 0) is 5.41 Å². The van der Waals surface area contributed by atoms with Gasteiger partial charge in [0, 0.05) is 27.5 Å². The van der Waals surface area contributed by atoms with Gasteiger partial charge in [-0.1, -0.05) is 188 Å². The molecule has 0 unspecified atom stereocenters. The second-order valence-electron chi connectivity index (χ2n) is 14.0. The van der Waals surface area contributed by atoms with E-state index >= 15 is 0 Å². The van der Waals surface area contributed by atoms with Gasteiger partial charge in [-0.2, -0.15) is 0 Å². The van der Waals surface area contributed by atoms with Gasteiger partial charge < -0.3 is 4.42 Å². The average molecular weight is 718 g/mol. The molecular formula is C52H35N3O. The Kier molecular flexibility index (Phi) is 8.34. The van der Waals surface area contributed by atoms with Crippen LogP contribution < -0.4 is 0 Å². The zero-order valence-corrected chi connectivity index (χ0v) is 30.5. The Morgan fingerprint density at radius 2 is 0.768 bits per heavy atom. The molecule has 2 heterocycles. The fraction of sp³-hybridized carbons (Fsp3) is 0.0192. The van der Waals surface area contributed by atoms with E-state index in [1.54, 1.807) is 0 Å². The Labute approximate surface area is 325 Å². The number of hydrogen-bond acceptors (Lipinski definition) is 4. The second kappa shape index (κ2) is 14.1. The molecule has 0 saturated carbocycles. The maximum Gasteiger partial charge on any atom is 0.164 e. The van der Waals surface area contributed by atoms with Crippen LogP contribution in [0.1, 0.15) is 22.3 Å². The third-order valence-corrected chi connectivity index (χ3v) is 10.7. The van der Waals surface area contributed by atoms with Crippen molar-refractivity contribution in [3.05, 3.63) is 235 Å². The Morgan fingerprint density at radius 3 is 1.32 bits per heavy atom. The summed E-state index contributed by atoms with van der Waals surface area (Å²) in [5, 5.41) is 1.98. The highest BCUT2D eigenvalue weighted by Crippen LogP contribution is 2.47. The predicted molar refractivity (Wildman–Crippen MR) is 227 cm³/mol. The maximum absolute atomic E-state index is 6.64. The van der Waals surface area contributed by atoms with E-state index < -0.39 is 5.41 Å². The van der Waals surface area contributed by atoms with Gasteiger partial charge in [-0.3, -0.25) is 0 Å². The number of para-hydroxylation sites is 1. The van der Waals surface area contributed by atoms with E-state index in [1.165, 1.54) is 16.7 Å². The van der Waals surface area contributed by atoms with Gasteiger partial charge in [0.05, 0.1) is 5.41 Å². The monoisotopic (exact) mass is 717 g/mol. The van der Waals surface area contributed by atoms with Crippen molar-refractivity contribution in [3.63, 3.8) is 0 Å². The average Bonchev–Trinajstić information content (AvgIpc) is 3.67. The molecule has 4 heteroatoms. The van der Waals surface area contributed by atoms with Crippen molar-refractivity contribution in [1.29, 1.82) is 0 Å². The number of furan rings is 1. The van der Waals surface area contributed by atoms with E-state index in [9.17, 15) is 0 Å². The number of rotatable bonds is 8. The van der Waals surface area contributed by atoms with Crippen molar-refractivity contribution in [2.75, 3.05) is 0 Å². The van der Waals surface area contributed by atoms with Crippen molar-refractivity contribution in [3.8, 4) is 45.3 Å². The van der Waals surface area contributed by atoms with Crippen LogP contribution in [-0.4, -0.2) is 15.0 Å².